The van der Waals surface area contributed by atoms with Crippen molar-refractivity contribution in [1.29, 1.82) is 0 Å². The van der Waals surface area contributed by atoms with Crippen LogP contribution < -0.4 is 29.6 Å². The fraction of sp³-hybridized carbons (Fsp3) is 0.917. The van der Waals surface area contributed by atoms with Gasteiger partial charge in [-0.3, -0.25) is 9.59 Å². The van der Waals surface area contributed by atoms with Crippen molar-refractivity contribution < 1.29 is 50.8 Å². The molecule has 4 nitrogen and oxygen atoms in total. The Morgan fingerprint density at radius 1 is 0.552 bits per heavy atom. The molecule has 2 unspecified atom stereocenters. The van der Waals surface area contributed by atoms with E-state index in [4.69, 9.17) is 0 Å². The number of carboxylic acids is 2. The van der Waals surface area contributed by atoms with Gasteiger partial charge < -0.3 is 11.6 Å². The van der Waals surface area contributed by atoms with E-state index >= 15 is 0 Å². The third-order valence-electron chi connectivity index (χ3n) is 5.87. The Labute approximate surface area is 203 Å². The largest absolute Gasteiger partial charge is 1.00 e. The van der Waals surface area contributed by atoms with Crippen molar-refractivity contribution in [3.8, 4) is 0 Å². The van der Waals surface area contributed by atoms with Crippen LogP contribution in [-0.2, 0) is 9.59 Å². The summed E-state index contributed by atoms with van der Waals surface area (Å²) in [4.78, 5) is 22.9. The number of hydrogen-bond acceptors (Lipinski definition) is 2. The molecule has 0 radical (unpaired) electrons. The summed E-state index contributed by atoms with van der Waals surface area (Å²) in [6.07, 6.45) is 18.7. The van der Waals surface area contributed by atoms with E-state index in [0.717, 1.165) is 51.4 Å². The topological polar surface area (TPSA) is 74.6 Å². The van der Waals surface area contributed by atoms with Crippen molar-refractivity contribution in [2.75, 3.05) is 0 Å². The van der Waals surface area contributed by atoms with Gasteiger partial charge in [-0.25, -0.2) is 0 Å². The first-order valence-corrected chi connectivity index (χ1v) is 12.0. The maximum absolute atomic E-state index is 11.5. The van der Waals surface area contributed by atoms with Crippen LogP contribution in [0.4, 0.5) is 0 Å². The molecule has 29 heavy (non-hydrogen) atoms. The molecule has 0 aliphatic rings. The molecule has 0 spiro atoms. The molecule has 2 atom stereocenters. The molecule has 0 aliphatic heterocycles. The fourth-order valence-corrected chi connectivity index (χ4v) is 3.91. The van der Waals surface area contributed by atoms with Crippen LogP contribution in [0.3, 0.4) is 0 Å². The van der Waals surface area contributed by atoms with Crippen molar-refractivity contribution in [2.24, 2.45) is 11.8 Å². The molecule has 0 heterocycles. The number of hydrogen-bond donors (Lipinski definition) is 2. The van der Waals surface area contributed by atoms with Gasteiger partial charge in [0.25, 0.3) is 0 Å². The van der Waals surface area contributed by atoms with E-state index in [1.807, 2.05) is 0 Å². The Hall–Kier alpha value is -0.0600. The SMILES string of the molecule is CCCCCCCCC(CCCCC(CCCCCCCC)C(=O)O)C(=O)O.[H-].[Na+]. The minimum absolute atomic E-state index is 0. The molecule has 5 heteroatoms. The van der Waals surface area contributed by atoms with Crippen molar-refractivity contribution in [3.63, 3.8) is 0 Å². The average molecular weight is 423 g/mol. The summed E-state index contributed by atoms with van der Waals surface area (Å²) in [5.41, 5.74) is 0. The number of rotatable bonds is 21. The number of unbranched alkanes of at least 4 members (excludes halogenated alkanes) is 11. The molecule has 168 valence electrons. The van der Waals surface area contributed by atoms with Crippen molar-refractivity contribution in [2.45, 2.75) is 129 Å². The smallest absolute Gasteiger partial charge is 1.00 e. The van der Waals surface area contributed by atoms with E-state index in [9.17, 15) is 19.8 Å². The fourth-order valence-electron chi connectivity index (χ4n) is 3.91. The Morgan fingerprint density at radius 3 is 1.07 bits per heavy atom. The standard InChI is InChI=1S/C24H46O4.Na.H/c1-3-5-7-9-11-13-17-21(23(25)26)19-15-16-20-22(24(27)28)18-14-12-10-8-6-4-2;;/h21-22H,3-20H2,1-2H3,(H,25,26)(H,27,28);;/q;+1;-1. The van der Waals surface area contributed by atoms with E-state index in [-0.39, 0.29) is 42.8 Å². The van der Waals surface area contributed by atoms with E-state index in [0.29, 0.717) is 12.8 Å². The summed E-state index contributed by atoms with van der Waals surface area (Å²) in [5, 5.41) is 18.8. The molecule has 0 fully saturated rings. The second-order valence-corrected chi connectivity index (χ2v) is 8.47. The first-order valence-electron chi connectivity index (χ1n) is 12.0. The third kappa shape index (κ3) is 19.6. The van der Waals surface area contributed by atoms with E-state index in [1.54, 1.807) is 0 Å². The number of carbonyl (C=O) groups is 2. The quantitative estimate of drug-likeness (QED) is 0.210. The zero-order valence-electron chi connectivity index (χ0n) is 20.6. The molecule has 0 amide bonds. The van der Waals surface area contributed by atoms with Gasteiger partial charge in [0.1, 0.15) is 0 Å². The van der Waals surface area contributed by atoms with Crippen molar-refractivity contribution >= 4 is 11.9 Å². The van der Waals surface area contributed by atoms with Gasteiger partial charge >= 0.3 is 41.5 Å². The van der Waals surface area contributed by atoms with Crippen molar-refractivity contribution in [1.82, 2.24) is 0 Å². The maximum Gasteiger partial charge on any atom is 1.00 e. The minimum Gasteiger partial charge on any atom is -1.00 e. The molecule has 0 aliphatic carbocycles. The molecular weight excluding hydrogens is 375 g/mol. The molecular formula is C24H47NaO4. The predicted octanol–water partition coefficient (Wildman–Crippen LogP) is 4.57. The number of aliphatic carboxylic acids is 2. The first kappa shape index (κ1) is 31.1. The molecule has 0 saturated heterocycles. The minimum atomic E-state index is -0.685. The van der Waals surface area contributed by atoms with Gasteiger partial charge in [0.2, 0.25) is 0 Å². The third-order valence-corrected chi connectivity index (χ3v) is 5.87. The monoisotopic (exact) mass is 422 g/mol. The van der Waals surface area contributed by atoms with Crippen LogP contribution >= 0.6 is 0 Å². The van der Waals surface area contributed by atoms with Gasteiger partial charge in [0.15, 0.2) is 0 Å². The van der Waals surface area contributed by atoms with Gasteiger partial charge in [0, 0.05) is 0 Å². The Morgan fingerprint density at radius 2 is 0.793 bits per heavy atom. The molecule has 0 aromatic heterocycles. The van der Waals surface area contributed by atoms with Gasteiger partial charge in [0.05, 0.1) is 11.8 Å². The summed E-state index contributed by atoms with van der Waals surface area (Å²) < 4.78 is 0. The summed E-state index contributed by atoms with van der Waals surface area (Å²) in [6.45, 7) is 4.39. The summed E-state index contributed by atoms with van der Waals surface area (Å²) in [6, 6.07) is 0. The normalized spacial score (nSPS) is 12.9. The zero-order chi connectivity index (χ0) is 21.0. The summed E-state index contributed by atoms with van der Waals surface area (Å²) in [5.74, 6) is -1.88. The summed E-state index contributed by atoms with van der Waals surface area (Å²) in [7, 11) is 0. The van der Waals surface area contributed by atoms with Crippen LogP contribution in [0.25, 0.3) is 0 Å². The van der Waals surface area contributed by atoms with Crippen LogP contribution in [0, 0.1) is 11.8 Å². The predicted molar refractivity (Wildman–Crippen MR) is 118 cm³/mol. The molecule has 0 rings (SSSR count). The molecule has 0 aromatic rings. The van der Waals surface area contributed by atoms with E-state index < -0.39 is 11.9 Å². The van der Waals surface area contributed by atoms with Gasteiger partial charge in [-0.15, -0.1) is 0 Å². The van der Waals surface area contributed by atoms with Crippen LogP contribution in [0.5, 0.6) is 0 Å². The number of carboxylic acid groups (broad SMARTS) is 2. The average Bonchev–Trinajstić information content (AvgIpc) is 2.66. The Kier molecular flexibility index (Phi) is 24.3. The molecule has 0 bridgehead atoms. The van der Waals surface area contributed by atoms with Crippen LogP contribution in [0.15, 0.2) is 0 Å². The van der Waals surface area contributed by atoms with Crippen LogP contribution in [0.2, 0.25) is 0 Å². The van der Waals surface area contributed by atoms with Gasteiger partial charge in [-0.05, 0) is 25.7 Å². The van der Waals surface area contributed by atoms with Crippen LogP contribution in [-0.4, -0.2) is 22.2 Å². The molecule has 0 saturated carbocycles. The van der Waals surface area contributed by atoms with Gasteiger partial charge in [-0.1, -0.05) is 104 Å². The van der Waals surface area contributed by atoms with Crippen LogP contribution in [0.1, 0.15) is 131 Å². The second-order valence-electron chi connectivity index (χ2n) is 8.47. The molecule has 0 aromatic carbocycles. The zero-order valence-corrected chi connectivity index (χ0v) is 21.6. The van der Waals surface area contributed by atoms with Gasteiger partial charge in [-0.2, -0.15) is 0 Å². The Balaban J connectivity index is -0.00000364. The Bertz CT molecular complexity index is 357. The maximum atomic E-state index is 11.5. The van der Waals surface area contributed by atoms with E-state index in [2.05, 4.69) is 13.8 Å². The second kappa shape index (κ2) is 22.6. The first-order chi connectivity index (χ1) is 13.5. The van der Waals surface area contributed by atoms with Crippen molar-refractivity contribution in [3.05, 3.63) is 0 Å². The van der Waals surface area contributed by atoms with E-state index in [1.165, 1.54) is 51.4 Å². The molecule has 2 N–H and O–H groups in total. The summed E-state index contributed by atoms with van der Waals surface area (Å²) >= 11 is 0.